The van der Waals surface area contributed by atoms with Crippen molar-refractivity contribution in [2.75, 3.05) is 26.3 Å². The predicted molar refractivity (Wildman–Crippen MR) is 69.4 cm³/mol. The van der Waals surface area contributed by atoms with E-state index in [0.29, 0.717) is 31.2 Å². The molecule has 0 unspecified atom stereocenters. The van der Waals surface area contributed by atoms with Gasteiger partial charge < -0.3 is 14.7 Å². The smallest absolute Gasteiger partial charge is 0.274 e. The molecule has 4 nitrogen and oxygen atoms in total. The molecule has 1 aliphatic heterocycles. The molecule has 2 rings (SSSR count). The quantitative estimate of drug-likeness (QED) is 0.854. The van der Waals surface area contributed by atoms with Gasteiger partial charge in [-0.15, -0.1) is 11.3 Å². The number of amides is 1. The van der Waals surface area contributed by atoms with Crippen molar-refractivity contribution < 1.29 is 19.0 Å². The number of rotatable bonds is 3. The maximum absolute atomic E-state index is 14.5. The standard InChI is InChI=1S/C11H13BrFNO3S/c12-11(13,9(15)8-2-1-7-18-8)10(16)14-3-5-17-6-4-14/h1-2,7,9,15H,3-6H2/t9-,11-/m0/s1. The van der Waals surface area contributed by atoms with Gasteiger partial charge in [-0.2, -0.15) is 0 Å². The zero-order valence-electron chi connectivity index (χ0n) is 9.51. The monoisotopic (exact) mass is 337 g/mol. The fourth-order valence-electron chi connectivity index (χ4n) is 1.72. The number of aliphatic hydroxyl groups is 1. The first kappa shape index (κ1) is 13.9. The Morgan fingerprint density at radius 3 is 2.83 bits per heavy atom. The summed E-state index contributed by atoms with van der Waals surface area (Å²) in [6.45, 7) is 1.47. The summed E-state index contributed by atoms with van der Waals surface area (Å²) in [7, 11) is 0. The van der Waals surface area contributed by atoms with E-state index in [1.54, 1.807) is 17.5 Å². The topological polar surface area (TPSA) is 49.8 Å². The highest BCUT2D eigenvalue weighted by molar-refractivity contribution is 9.10. The number of nitrogens with zero attached hydrogens (tertiary/aromatic N) is 1. The molecular weight excluding hydrogens is 325 g/mol. The van der Waals surface area contributed by atoms with Crippen LogP contribution in [-0.4, -0.2) is 46.8 Å². The van der Waals surface area contributed by atoms with Gasteiger partial charge in [0.05, 0.1) is 13.2 Å². The summed E-state index contributed by atoms with van der Waals surface area (Å²) in [5.41, 5.74) is 0. The Morgan fingerprint density at radius 1 is 1.61 bits per heavy atom. The molecule has 1 N–H and O–H groups in total. The van der Waals surface area contributed by atoms with Gasteiger partial charge in [-0.25, -0.2) is 4.39 Å². The molecule has 1 aliphatic rings. The van der Waals surface area contributed by atoms with Crippen molar-refractivity contribution in [2.45, 2.75) is 10.7 Å². The van der Waals surface area contributed by atoms with E-state index in [1.807, 2.05) is 0 Å². The van der Waals surface area contributed by atoms with Gasteiger partial charge in [-0.1, -0.05) is 6.07 Å². The third kappa shape index (κ3) is 2.74. The molecule has 1 amide bonds. The van der Waals surface area contributed by atoms with E-state index in [2.05, 4.69) is 15.9 Å². The van der Waals surface area contributed by atoms with E-state index in [1.165, 1.54) is 16.2 Å². The second-order valence-electron chi connectivity index (χ2n) is 3.95. The lowest BCUT2D eigenvalue weighted by Crippen LogP contribution is -2.50. The summed E-state index contributed by atoms with van der Waals surface area (Å²) in [5, 5.41) is 11.7. The summed E-state index contributed by atoms with van der Waals surface area (Å²) in [6.07, 6.45) is -1.51. The molecule has 0 bridgehead atoms. The van der Waals surface area contributed by atoms with Crippen molar-refractivity contribution in [1.29, 1.82) is 0 Å². The van der Waals surface area contributed by atoms with Crippen LogP contribution in [0.4, 0.5) is 4.39 Å². The summed E-state index contributed by atoms with van der Waals surface area (Å²) in [6, 6.07) is 3.29. The highest BCUT2D eigenvalue weighted by Crippen LogP contribution is 2.38. The number of morpholine rings is 1. The van der Waals surface area contributed by atoms with Crippen molar-refractivity contribution in [1.82, 2.24) is 4.90 Å². The van der Waals surface area contributed by atoms with Crippen LogP contribution in [-0.2, 0) is 9.53 Å². The van der Waals surface area contributed by atoms with Crippen LogP contribution >= 0.6 is 27.3 Å². The number of carbonyl (C=O) groups excluding carboxylic acids is 1. The van der Waals surface area contributed by atoms with E-state index < -0.39 is 16.6 Å². The number of hydrogen-bond acceptors (Lipinski definition) is 4. The number of thiophene rings is 1. The first-order valence-corrected chi connectivity index (χ1v) is 7.17. The van der Waals surface area contributed by atoms with Gasteiger partial charge in [0, 0.05) is 18.0 Å². The Labute approximate surface area is 116 Å². The van der Waals surface area contributed by atoms with Crippen molar-refractivity contribution in [3.63, 3.8) is 0 Å². The van der Waals surface area contributed by atoms with E-state index in [-0.39, 0.29) is 0 Å². The molecule has 7 heteroatoms. The molecule has 1 aromatic rings. The number of carbonyl (C=O) groups is 1. The Hall–Kier alpha value is -0.500. The molecule has 2 heterocycles. The number of ether oxygens (including phenoxy) is 1. The van der Waals surface area contributed by atoms with Crippen LogP contribution in [0.2, 0.25) is 0 Å². The largest absolute Gasteiger partial charge is 0.383 e. The second kappa shape index (κ2) is 5.64. The Kier molecular flexibility index (Phi) is 4.37. The fraction of sp³-hybridized carbons (Fsp3) is 0.545. The summed E-state index contributed by atoms with van der Waals surface area (Å²) >= 11 is 3.93. The molecule has 1 aromatic heterocycles. The van der Waals surface area contributed by atoms with E-state index in [0.717, 1.165) is 0 Å². The lowest BCUT2D eigenvalue weighted by Gasteiger charge is -2.32. The first-order valence-electron chi connectivity index (χ1n) is 5.50. The third-order valence-electron chi connectivity index (χ3n) is 2.74. The van der Waals surface area contributed by atoms with Crippen LogP contribution in [0.1, 0.15) is 11.0 Å². The molecule has 0 aromatic carbocycles. The number of alkyl halides is 2. The maximum Gasteiger partial charge on any atom is 0.274 e. The van der Waals surface area contributed by atoms with Crippen molar-refractivity contribution >= 4 is 33.2 Å². The fourth-order valence-corrected chi connectivity index (χ4v) is 3.13. The van der Waals surface area contributed by atoms with Gasteiger partial charge in [-0.05, 0) is 27.4 Å². The third-order valence-corrected chi connectivity index (χ3v) is 4.44. The van der Waals surface area contributed by atoms with Gasteiger partial charge >= 0.3 is 0 Å². The summed E-state index contributed by atoms with van der Waals surface area (Å²) < 4.78 is 17.1. The Morgan fingerprint density at radius 2 is 2.28 bits per heavy atom. The second-order valence-corrected chi connectivity index (χ2v) is 6.08. The average Bonchev–Trinajstić information content (AvgIpc) is 2.91. The summed E-state index contributed by atoms with van der Waals surface area (Å²) in [5.74, 6) is -0.758. The molecule has 100 valence electrons. The van der Waals surface area contributed by atoms with Crippen molar-refractivity contribution in [3.8, 4) is 0 Å². The Bertz CT molecular complexity index is 406. The number of hydrogen-bond donors (Lipinski definition) is 1. The predicted octanol–water partition coefficient (Wildman–Crippen LogP) is 1.70. The van der Waals surface area contributed by atoms with Gasteiger partial charge in [0.15, 0.2) is 0 Å². The molecule has 0 spiro atoms. The molecule has 18 heavy (non-hydrogen) atoms. The molecule has 0 aliphatic carbocycles. The van der Waals surface area contributed by atoms with Crippen molar-refractivity contribution in [3.05, 3.63) is 22.4 Å². The zero-order chi connectivity index (χ0) is 13.2. The Balaban J connectivity index is 2.11. The SMILES string of the molecule is O=C(N1CCOCC1)[C@](F)(Br)[C@@H](O)c1cccs1. The van der Waals surface area contributed by atoms with Gasteiger partial charge in [0.1, 0.15) is 6.10 Å². The van der Waals surface area contributed by atoms with Crippen LogP contribution in [0.5, 0.6) is 0 Å². The minimum atomic E-state index is -2.49. The van der Waals surface area contributed by atoms with Gasteiger partial charge in [-0.3, -0.25) is 4.79 Å². The van der Waals surface area contributed by atoms with E-state index in [4.69, 9.17) is 4.74 Å². The van der Waals surface area contributed by atoms with E-state index >= 15 is 0 Å². The molecule has 1 fully saturated rings. The lowest BCUT2D eigenvalue weighted by atomic mass is 10.1. The number of halogens is 2. The molecule has 0 radical (unpaired) electrons. The van der Waals surface area contributed by atoms with Crippen LogP contribution in [0, 0.1) is 0 Å². The van der Waals surface area contributed by atoms with E-state index in [9.17, 15) is 14.3 Å². The molecule has 0 saturated carbocycles. The lowest BCUT2D eigenvalue weighted by molar-refractivity contribution is -0.147. The summed E-state index contributed by atoms with van der Waals surface area (Å²) in [4.78, 5) is 13.8. The first-order chi connectivity index (χ1) is 8.53. The molecule has 2 atom stereocenters. The zero-order valence-corrected chi connectivity index (χ0v) is 11.9. The van der Waals surface area contributed by atoms with Crippen LogP contribution < -0.4 is 0 Å². The molecule has 1 saturated heterocycles. The minimum Gasteiger partial charge on any atom is -0.383 e. The minimum absolute atomic E-state index is 0.341. The molecular formula is C11H13BrFNO3S. The normalized spacial score (nSPS) is 21.4. The highest BCUT2D eigenvalue weighted by Gasteiger charge is 2.47. The van der Waals surface area contributed by atoms with Crippen LogP contribution in [0.3, 0.4) is 0 Å². The average molecular weight is 338 g/mol. The van der Waals surface area contributed by atoms with Gasteiger partial charge in [0.25, 0.3) is 10.5 Å². The highest BCUT2D eigenvalue weighted by atomic mass is 79.9. The van der Waals surface area contributed by atoms with Crippen LogP contribution in [0.25, 0.3) is 0 Å². The maximum atomic E-state index is 14.5. The van der Waals surface area contributed by atoms with Crippen LogP contribution in [0.15, 0.2) is 17.5 Å². The number of aliphatic hydroxyl groups excluding tert-OH is 1. The van der Waals surface area contributed by atoms with Gasteiger partial charge in [0.2, 0.25) is 0 Å². The van der Waals surface area contributed by atoms with Crippen molar-refractivity contribution in [2.24, 2.45) is 0 Å².